The highest BCUT2D eigenvalue weighted by Gasteiger charge is 2.39. The zero-order valence-corrected chi connectivity index (χ0v) is 13.6. The molecule has 1 atom stereocenters. The molecular formula is C13H19BrN2O2S. The predicted molar refractivity (Wildman–Crippen MR) is 79.4 cm³/mol. The highest BCUT2D eigenvalue weighted by atomic mass is 79.9. The molecule has 19 heavy (non-hydrogen) atoms. The van der Waals surface area contributed by atoms with Crippen molar-refractivity contribution in [2.75, 3.05) is 19.6 Å². The number of sulfonamides is 1. The lowest BCUT2D eigenvalue weighted by atomic mass is 9.90. The van der Waals surface area contributed by atoms with Gasteiger partial charge >= 0.3 is 0 Å². The van der Waals surface area contributed by atoms with Crippen LogP contribution < -0.4 is 5.73 Å². The number of aryl methyl sites for hydroxylation is 1. The molecule has 0 spiro atoms. The molecule has 1 unspecified atom stereocenters. The summed E-state index contributed by atoms with van der Waals surface area (Å²) < 4.78 is 27.5. The topological polar surface area (TPSA) is 63.4 Å². The predicted octanol–water partition coefficient (Wildman–Crippen LogP) is 2.12. The normalized spacial score (nSPS) is 24.8. The highest BCUT2D eigenvalue weighted by molar-refractivity contribution is 9.10. The molecule has 0 aromatic heterocycles. The zero-order valence-electron chi connectivity index (χ0n) is 11.2. The molecule has 2 rings (SSSR count). The van der Waals surface area contributed by atoms with Crippen molar-refractivity contribution in [1.29, 1.82) is 0 Å². The molecule has 1 aliphatic heterocycles. The third-order valence-corrected chi connectivity index (χ3v) is 5.95. The van der Waals surface area contributed by atoms with E-state index < -0.39 is 10.0 Å². The van der Waals surface area contributed by atoms with E-state index in [4.69, 9.17) is 5.73 Å². The molecular weight excluding hydrogens is 328 g/mol. The van der Waals surface area contributed by atoms with E-state index in [2.05, 4.69) is 15.9 Å². The van der Waals surface area contributed by atoms with E-state index in [-0.39, 0.29) is 5.41 Å². The van der Waals surface area contributed by atoms with Gasteiger partial charge in [-0.3, -0.25) is 0 Å². The molecule has 1 heterocycles. The smallest absolute Gasteiger partial charge is 0.243 e. The second-order valence-corrected chi connectivity index (χ2v) is 8.42. The number of nitrogens with two attached hydrogens (primary N) is 1. The molecule has 4 nitrogen and oxygen atoms in total. The van der Waals surface area contributed by atoms with Crippen molar-refractivity contribution < 1.29 is 8.42 Å². The van der Waals surface area contributed by atoms with Gasteiger partial charge in [0.1, 0.15) is 0 Å². The summed E-state index contributed by atoms with van der Waals surface area (Å²) in [6.45, 7) is 5.47. The lowest BCUT2D eigenvalue weighted by molar-refractivity contribution is 0.349. The van der Waals surface area contributed by atoms with E-state index >= 15 is 0 Å². The fourth-order valence-corrected chi connectivity index (χ4v) is 4.83. The van der Waals surface area contributed by atoms with Crippen LogP contribution in [0.1, 0.15) is 18.9 Å². The molecule has 1 aromatic carbocycles. The Morgan fingerprint density at radius 1 is 1.42 bits per heavy atom. The first kappa shape index (κ1) is 15.0. The van der Waals surface area contributed by atoms with Crippen LogP contribution in [0.25, 0.3) is 0 Å². The quantitative estimate of drug-likeness (QED) is 0.911. The van der Waals surface area contributed by atoms with Crippen LogP contribution in [0.3, 0.4) is 0 Å². The maximum Gasteiger partial charge on any atom is 0.243 e. The molecule has 0 amide bonds. The van der Waals surface area contributed by atoms with E-state index in [0.29, 0.717) is 24.5 Å². The number of hydrogen-bond donors (Lipinski definition) is 1. The van der Waals surface area contributed by atoms with Gasteiger partial charge in [0.2, 0.25) is 10.0 Å². The van der Waals surface area contributed by atoms with Crippen LogP contribution in [0.2, 0.25) is 0 Å². The zero-order chi connectivity index (χ0) is 14.3. The average molecular weight is 347 g/mol. The molecule has 0 bridgehead atoms. The Kier molecular flexibility index (Phi) is 4.07. The van der Waals surface area contributed by atoms with Crippen molar-refractivity contribution in [1.82, 2.24) is 4.31 Å². The first-order chi connectivity index (χ1) is 8.77. The SMILES string of the molecule is Cc1cc(Br)cc(S(=O)(=O)N2CCC(C)(CN)C2)c1. The Balaban J connectivity index is 2.33. The van der Waals surface area contributed by atoms with Gasteiger partial charge in [-0.05, 0) is 49.1 Å². The van der Waals surface area contributed by atoms with Crippen LogP contribution in [0, 0.1) is 12.3 Å². The van der Waals surface area contributed by atoms with Gasteiger partial charge in [0, 0.05) is 17.6 Å². The van der Waals surface area contributed by atoms with E-state index in [1.165, 1.54) is 0 Å². The van der Waals surface area contributed by atoms with Gasteiger partial charge in [0.05, 0.1) is 4.90 Å². The Hall–Kier alpha value is -0.430. The molecule has 1 fully saturated rings. The maximum absolute atomic E-state index is 12.6. The number of nitrogens with zero attached hydrogens (tertiary/aromatic N) is 1. The Labute approximate surface area is 123 Å². The van der Waals surface area contributed by atoms with Crippen molar-refractivity contribution in [3.05, 3.63) is 28.2 Å². The number of halogens is 1. The molecule has 0 radical (unpaired) electrons. The highest BCUT2D eigenvalue weighted by Crippen LogP contribution is 2.33. The number of benzene rings is 1. The van der Waals surface area contributed by atoms with E-state index in [9.17, 15) is 8.42 Å². The van der Waals surface area contributed by atoms with Crippen LogP contribution in [0.15, 0.2) is 27.6 Å². The molecule has 1 aliphatic rings. The van der Waals surface area contributed by atoms with Crippen LogP contribution in [-0.2, 0) is 10.0 Å². The number of hydrogen-bond acceptors (Lipinski definition) is 3. The van der Waals surface area contributed by atoms with Crippen molar-refractivity contribution in [3.63, 3.8) is 0 Å². The van der Waals surface area contributed by atoms with Crippen LogP contribution >= 0.6 is 15.9 Å². The summed E-state index contributed by atoms with van der Waals surface area (Å²) in [4.78, 5) is 0.348. The van der Waals surface area contributed by atoms with Crippen molar-refractivity contribution in [2.24, 2.45) is 11.1 Å². The summed E-state index contributed by atoms with van der Waals surface area (Å²) in [5.41, 5.74) is 6.55. The van der Waals surface area contributed by atoms with Gasteiger partial charge in [0.15, 0.2) is 0 Å². The molecule has 6 heteroatoms. The largest absolute Gasteiger partial charge is 0.330 e. The standard InChI is InChI=1S/C13H19BrN2O2S/c1-10-5-11(14)7-12(6-10)19(17,18)16-4-3-13(2,8-15)9-16/h5-7H,3-4,8-9,15H2,1-2H3. The Morgan fingerprint density at radius 3 is 2.63 bits per heavy atom. The molecule has 1 aromatic rings. The first-order valence-electron chi connectivity index (χ1n) is 6.24. The average Bonchev–Trinajstić information content (AvgIpc) is 2.72. The summed E-state index contributed by atoms with van der Waals surface area (Å²) in [5, 5.41) is 0. The third kappa shape index (κ3) is 3.02. The van der Waals surface area contributed by atoms with Crippen molar-refractivity contribution >= 4 is 26.0 Å². The summed E-state index contributed by atoms with van der Waals surface area (Å²) in [6.07, 6.45) is 0.815. The summed E-state index contributed by atoms with van der Waals surface area (Å²) in [5.74, 6) is 0. The lowest BCUT2D eigenvalue weighted by Crippen LogP contribution is -2.34. The van der Waals surface area contributed by atoms with E-state index in [1.807, 2.05) is 19.9 Å². The van der Waals surface area contributed by atoms with Gasteiger partial charge in [-0.15, -0.1) is 0 Å². The number of rotatable bonds is 3. The van der Waals surface area contributed by atoms with Gasteiger partial charge in [-0.1, -0.05) is 22.9 Å². The monoisotopic (exact) mass is 346 g/mol. The molecule has 0 aliphatic carbocycles. The lowest BCUT2D eigenvalue weighted by Gasteiger charge is -2.22. The van der Waals surface area contributed by atoms with Crippen molar-refractivity contribution in [3.8, 4) is 0 Å². The summed E-state index contributed by atoms with van der Waals surface area (Å²) in [6, 6.07) is 5.26. The van der Waals surface area contributed by atoms with Gasteiger partial charge in [0.25, 0.3) is 0 Å². The van der Waals surface area contributed by atoms with Gasteiger partial charge < -0.3 is 5.73 Å². The van der Waals surface area contributed by atoms with Crippen LogP contribution in [0.5, 0.6) is 0 Å². The maximum atomic E-state index is 12.6. The van der Waals surface area contributed by atoms with Gasteiger partial charge in [-0.25, -0.2) is 8.42 Å². The van der Waals surface area contributed by atoms with Crippen molar-refractivity contribution in [2.45, 2.75) is 25.2 Å². The minimum absolute atomic E-state index is 0.103. The molecule has 0 saturated carbocycles. The second-order valence-electron chi connectivity index (χ2n) is 5.57. The summed E-state index contributed by atoms with van der Waals surface area (Å²) in [7, 11) is -3.42. The van der Waals surface area contributed by atoms with Crippen LogP contribution in [0.4, 0.5) is 0 Å². The van der Waals surface area contributed by atoms with Gasteiger partial charge in [-0.2, -0.15) is 4.31 Å². The van der Waals surface area contributed by atoms with Crippen LogP contribution in [-0.4, -0.2) is 32.4 Å². The minimum atomic E-state index is -3.42. The minimum Gasteiger partial charge on any atom is -0.330 e. The Morgan fingerprint density at radius 2 is 2.11 bits per heavy atom. The van der Waals surface area contributed by atoms with E-state index in [0.717, 1.165) is 16.5 Å². The Bertz CT molecular complexity index is 568. The molecule has 2 N–H and O–H groups in total. The summed E-state index contributed by atoms with van der Waals surface area (Å²) >= 11 is 3.35. The third-order valence-electron chi connectivity index (χ3n) is 3.67. The fourth-order valence-electron chi connectivity index (χ4n) is 2.35. The second kappa shape index (κ2) is 5.16. The molecule has 1 saturated heterocycles. The first-order valence-corrected chi connectivity index (χ1v) is 8.48. The fraction of sp³-hybridized carbons (Fsp3) is 0.538. The van der Waals surface area contributed by atoms with E-state index in [1.54, 1.807) is 16.4 Å². The molecule has 106 valence electrons.